The summed E-state index contributed by atoms with van der Waals surface area (Å²) in [7, 11) is 0. The largest absolute Gasteiger partial charge is 0.368 e. The van der Waals surface area contributed by atoms with Gasteiger partial charge >= 0.3 is 0 Å². The molecule has 3 heterocycles. The maximum absolute atomic E-state index is 13.1. The molecule has 0 aliphatic carbocycles. The van der Waals surface area contributed by atoms with E-state index in [1.165, 1.54) is 9.08 Å². The number of amides is 2. The first-order valence-corrected chi connectivity index (χ1v) is 9.29. The number of primary amides is 1. The molecule has 0 atom stereocenters. The van der Waals surface area contributed by atoms with Crippen molar-refractivity contribution in [1.82, 2.24) is 19.1 Å². The van der Waals surface area contributed by atoms with E-state index >= 15 is 0 Å². The summed E-state index contributed by atoms with van der Waals surface area (Å²) >= 11 is 0. The van der Waals surface area contributed by atoms with Crippen LogP contribution in [0.15, 0.2) is 41.2 Å². The van der Waals surface area contributed by atoms with Gasteiger partial charge in [-0.05, 0) is 6.42 Å². The molecule has 4 rings (SSSR count). The fourth-order valence-corrected chi connectivity index (χ4v) is 3.61. The third kappa shape index (κ3) is 2.87. The van der Waals surface area contributed by atoms with Crippen molar-refractivity contribution in [2.75, 3.05) is 6.54 Å². The summed E-state index contributed by atoms with van der Waals surface area (Å²) in [6, 6.07) is 11.1. The summed E-state index contributed by atoms with van der Waals surface area (Å²) in [5.41, 5.74) is 7.52. The first-order valence-electron chi connectivity index (χ1n) is 9.29. The Balaban J connectivity index is 1.93. The zero-order valence-electron chi connectivity index (χ0n) is 15.6. The molecular formula is C20H21N5O3. The van der Waals surface area contributed by atoms with Gasteiger partial charge in [-0.1, -0.05) is 43.7 Å². The molecule has 2 N–H and O–H groups in total. The average molecular weight is 379 g/mol. The second-order valence-corrected chi connectivity index (χ2v) is 6.93. The van der Waals surface area contributed by atoms with Gasteiger partial charge in [-0.25, -0.2) is 0 Å². The smallest absolute Gasteiger partial charge is 0.280 e. The molecule has 0 radical (unpaired) electrons. The zero-order valence-corrected chi connectivity index (χ0v) is 15.6. The molecular weight excluding hydrogens is 358 g/mol. The molecule has 2 aromatic heterocycles. The van der Waals surface area contributed by atoms with E-state index in [0.717, 1.165) is 18.4 Å². The van der Waals surface area contributed by atoms with Crippen molar-refractivity contribution < 1.29 is 9.59 Å². The number of hydrogen-bond acceptors (Lipinski definition) is 4. The van der Waals surface area contributed by atoms with Crippen LogP contribution in [0.4, 0.5) is 0 Å². The first kappa shape index (κ1) is 18.0. The molecule has 0 spiro atoms. The van der Waals surface area contributed by atoms with E-state index in [1.54, 1.807) is 11.0 Å². The van der Waals surface area contributed by atoms with Gasteiger partial charge in [0, 0.05) is 18.2 Å². The minimum Gasteiger partial charge on any atom is -0.368 e. The number of nitrogens with zero attached hydrogens (tertiary/aromatic N) is 4. The maximum Gasteiger partial charge on any atom is 0.280 e. The van der Waals surface area contributed by atoms with Gasteiger partial charge in [0.05, 0.1) is 17.8 Å². The molecule has 0 unspecified atom stereocenters. The lowest BCUT2D eigenvalue weighted by Crippen LogP contribution is -2.30. The van der Waals surface area contributed by atoms with Gasteiger partial charge < -0.3 is 15.2 Å². The quantitative estimate of drug-likeness (QED) is 0.699. The van der Waals surface area contributed by atoms with Crippen LogP contribution in [-0.4, -0.2) is 37.4 Å². The molecule has 0 bridgehead atoms. The summed E-state index contributed by atoms with van der Waals surface area (Å²) in [6.07, 6.45) is 1.79. The Morgan fingerprint density at radius 3 is 2.64 bits per heavy atom. The third-order valence-corrected chi connectivity index (χ3v) is 4.98. The maximum atomic E-state index is 13.1. The lowest BCUT2D eigenvalue weighted by molar-refractivity contribution is -0.118. The zero-order chi connectivity index (χ0) is 19.8. The fourth-order valence-electron chi connectivity index (χ4n) is 3.61. The van der Waals surface area contributed by atoms with Crippen LogP contribution in [0.1, 0.15) is 35.8 Å². The highest BCUT2D eigenvalue weighted by atomic mass is 16.2. The highest BCUT2D eigenvalue weighted by Gasteiger charge is 2.34. The Labute approximate surface area is 161 Å². The normalized spacial score (nSPS) is 13.3. The van der Waals surface area contributed by atoms with Crippen LogP contribution >= 0.6 is 0 Å². The second kappa shape index (κ2) is 6.95. The third-order valence-electron chi connectivity index (χ3n) is 4.98. The van der Waals surface area contributed by atoms with E-state index in [0.29, 0.717) is 23.4 Å². The van der Waals surface area contributed by atoms with Gasteiger partial charge in [-0.3, -0.25) is 14.4 Å². The number of carbonyl (C=O) groups is 2. The molecule has 2 amide bonds. The average Bonchev–Trinajstić information content (AvgIpc) is 3.27. The van der Waals surface area contributed by atoms with E-state index in [4.69, 9.17) is 5.73 Å². The van der Waals surface area contributed by atoms with Crippen molar-refractivity contribution in [2.24, 2.45) is 5.73 Å². The van der Waals surface area contributed by atoms with Crippen LogP contribution in [0.25, 0.3) is 16.9 Å². The van der Waals surface area contributed by atoms with E-state index in [1.807, 2.05) is 37.3 Å². The predicted molar refractivity (Wildman–Crippen MR) is 104 cm³/mol. The van der Waals surface area contributed by atoms with E-state index < -0.39 is 5.91 Å². The van der Waals surface area contributed by atoms with Gasteiger partial charge in [-0.2, -0.15) is 9.61 Å². The Bertz CT molecular complexity index is 1130. The summed E-state index contributed by atoms with van der Waals surface area (Å²) in [4.78, 5) is 39.4. The SMILES string of the molecule is CCCCN1Cc2c(n(CC(N)=O)c3cc(-c4ccccc4)nn3c2=O)C1=O. The van der Waals surface area contributed by atoms with E-state index in [2.05, 4.69) is 5.10 Å². The number of fused-ring (bicyclic) bond motifs is 2. The van der Waals surface area contributed by atoms with Crippen molar-refractivity contribution in [2.45, 2.75) is 32.9 Å². The summed E-state index contributed by atoms with van der Waals surface area (Å²) in [5.74, 6) is -0.832. The Morgan fingerprint density at radius 1 is 1.21 bits per heavy atom. The van der Waals surface area contributed by atoms with Crippen LogP contribution in [0, 0.1) is 0 Å². The molecule has 0 fully saturated rings. The van der Waals surface area contributed by atoms with Gasteiger partial charge in [-0.15, -0.1) is 0 Å². The highest BCUT2D eigenvalue weighted by molar-refractivity contribution is 5.97. The second-order valence-electron chi connectivity index (χ2n) is 6.93. The molecule has 1 aliphatic rings. The Hall–Kier alpha value is -3.42. The highest BCUT2D eigenvalue weighted by Crippen LogP contribution is 2.25. The number of unbranched alkanes of at least 4 members (excludes halogenated alkanes) is 1. The van der Waals surface area contributed by atoms with Crippen LogP contribution in [-0.2, 0) is 17.9 Å². The lowest BCUT2D eigenvalue weighted by Gasteiger charge is -2.15. The number of aromatic nitrogens is 3. The summed E-state index contributed by atoms with van der Waals surface area (Å²) < 4.78 is 2.79. The molecule has 0 saturated heterocycles. The van der Waals surface area contributed by atoms with Crippen LogP contribution in [0.2, 0.25) is 0 Å². The molecule has 8 heteroatoms. The first-order chi connectivity index (χ1) is 13.5. The topological polar surface area (TPSA) is 103 Å². The van der Waals surface area contributed by atoms with Crippen LogP contribution in [0.3, 0.4) is 0 Å². The predicted octanol–water partition coefficient (Wildman–Crippen LogP) is 1.40. The van der Waals surface area contributed by atoms with Gasteiger partial charge in [0.25, 0.3) is 11.5 Å². The van der Waals surface area contributed by atoms with Crippen molar-refractivity contribution >= 4 is 17.5 Å². The van der Waals surface area contributed by atoms with Crippen LogP contribution < -0.4 is 11.3 Å². The van der Waals surface area contributed by atoms with Crippen molar-refractivity contribution in [3.05, 3.63) is 58.0 Å². The van der Waals surface area contributed by atoms with Crippen molar-refractivity contribution in [1.29, 1.82) is 0 Å². The number of carbonyl (C=O) groups excluding carboxylic acids is 2. The number of benzene rings is 1. The summed E-state index contributed by atoms with van der Waals surface area (Å²) in [5, 5.41) is 4.44. The molecule has 1 aliphatic heterocycles. The number of hydrogen-bond donors (Lipinski definition) is 1. The Kier molecular flexibility index (Phi) is 4.46. The van der Waals surface area contributed by atoms with Gasteiger partial charge in [0.2, 0.25) is 5.91 Å². The minimum absolute atomic E-state index is 0.195. The molecule has 28 heavy (non-hydrogen) atoms. The minimum atomic E-state index is -0.588. The molecule has 0 saturated carbocycles. The van der Waals surface area contributed by atoms with Crippen molar-refractivity contribution in [3.63, 3.8) is 0 Å². The van der Waals surface area contributed by atoms with E-state index in [9.17, 15) is 14.4 Å². The van der Waals surface area contributed by atoms with Gasteiger partial charge in [0.15, 0.2) is 0 Å². The number of nitrogens with two attached hydrogens (primary N) is 1. The lowest BCUT2D eigenvalue weighted by atomic mass is 10.1. The molecule has 1 aromatic carbocycles. The fraction of sp³-hybridized carbons (Fsp3) is 0.300. The number of rotatable bonds is 6. The molecule has 144 valence electrons. The molecule has 8 nitrogen and oxygen atoms in total. The monoisotopic (exact) mass is 379 g/mol. The van der Waals surface area contributed by atoms with Crippen molar-refractivity contribution in [3.8, 4) is 11.3 Å². The Morgan fingerprint density at radius 2 is 1.96 bits per heavy atom. The molecule has 3 aromatic rings. The van der Waals surface area contributed by atoms with Crippen LogP contribution in [0.5, 0.6) is 0 Å². The van der Waals surface area contributed by atoms with E-state index in [-0.39, 0.29) is 30.2 Å². The standard InChI is InChI=1S/C20H21N5O3/c1-2-3-9-23-11-14-18(20(23)28)24(12-16(21)26)17-10-15(22-25(17)19(14)27)13-7-5-4-6-8-13/h4-8,10H,2-3,9,11-12H2,1H3,(H2,21,26). The summed E-state index contributed by atoms with van der Waals surface area (Å²) in [6.45, 7) is 2.64. The van der Waals surface area contributed by atoms with Gasteiger partial charge in [0.1, 0.15) is 17.9 Å².